The van der Waals surface area contributed by atoms with E-state index in [4.69, 9.17) is 9.47 Å². The number of aromatic carboxylic acids is 1. The molecule has 0 aliphatic carbocycles. The van der Waals surface area contributed by atoms with E-state index in [2.05, 4.69) is 15.2 Å². The van der Waals surface area contributed by atoms with Crippen molar-refractivity contribution < 1.29 is 19.4 Å². The number of hydrogen-bond acceptors (Lipinski definition) is 5. The van der Waals surface area contributed by atoms with E-state index in [1.165, 1.54) is 0 Å². The number of carbonyl (C=O) groups is 1. The van der Waals surface area contributed by atoms with Gasteiger partial charge in [0.05, 0.1) is 30.5 Å². The molecule has 1 aliphatic heterocycles. The van der Waals surface area contributed by atoms with Crippen molar-refractivity contribution in [2.75, 3.05) is 45.3 Å². The van der Waals surface area contributed by atoms with Crippen LogP contribution in [-0.4, -0.2) is 62.6 Å². The minimum absolute atomic E-state index is 0.0592. The number of benzene rings is 1. The largest absolute Gasteiger partial charge is 0.491 e. The van der Waals surface area contributed by atoms with Crippen molar-refractivity contribution >= 4 is 22.6 Å². The van der Waals surface area contributed by atoms with Gasteiger partial charge < -0.3 is 29.8 Å². The fourth-order valence-corrected chi connectivity index (χ4v) is 2.71. The van der Waals surface area contributed by atoms with Crippen molar-refractivity contribution in [3.05, 3.63) is 23.9 Å². The van der Waals surface area contributed by atoms with Crippen LogP contribution >= 0.6 is 0 Å². The zero-order chi connectivity index (χ0) is 18.4. The lowest BCUT2D eigenvalue weighted by atomic mass is 10.1. The van der Waals surface area contributed by atoms with Gasteiger partial charge >= 0.3 is 5.97 Å². The highest BCUT2D eigenvalue weighted by Crippen LogP contribution is 2.33. The molecule has 0 atom stereocenters. The molecule has 0 spiro atoms. The fourth-order valence-electron chi connectivity index (χ4n) is 2.71. The molecule has 0 bridgehead atoms. The Morgan fingerprint density at radius 1 is 1.28 bits per heavy atom. The van der Waals surface area contributed by atoms with Crippen LogP contribution in [0, 0.1) is 0 Å². The number of aromatic nitrogens is 1. The molecule has 7 heteroatoms. The Hall–Kier alpha value is -2.25. The Morgan fingerprint density at radius 2 is 1.92 bits per heavy atom. The van der Waals surface area contributed by atoms with Crippen LogP contribution in [0.1, 0.15) is 24.3 Å². The van der Waals surface area contributed by atoms with Crippen molar-refractivity contribution in [3.63, 3.8) is 0 Å². The Bertz CT molecular complexity index is 706. The first-order valence-electron chi connectivity index (χ1n) is 8.44. The highest BCUT2D eigenvalue weighted by molar-refractivity contribution is 6.00. The number of nitrogens with one attached hydrogen (secondary N) is 2. The van der Waals surface area contributed by atoms with Gasteiger partial charge in [0.1, 0.15) is 11.4 Å². The quantitative estimate of drug-likeness (QED) is 0.785. The summed E-state index contributed by atoms with van der Waals surface area (Å²) >= 11 is 0. The predicted octanol–water partition coefficient (Wildman–Crippen LogP) is 2.33. The summed E-state index contributed by atoms with van der Waals surface area (Å²) in [7, 11) is 3.75. The van der Waals surface area contributed by atoms with E-state index >= 15 is 0 Å². The maximum Gasteiger partial charge on any atom is 0.352 e. The van der Waals surface area contributed by atoms with E-state index in [9.17, 15) is 9.90 Å². The lowest BCUT2D eigenvalue weighted by molar-refractivity contribution is 0.0691. The molecule has 1 aromatic carbocycles. The van der Waals surface area contributed by atoms with Gasteiger partial charge in [-0.15, -0.1) is 0 Å². The fraction of sp³-hybridized carbons (Fsp3) is 0.500. The highest BCUT2D eigenvalue weighted by atomic mass is 16.5. The van der Waals surface area contributed by atoms with Gasteiger partial charge in [-0.3, -0.25) is 0 Å². The van der Waals surface area contributed by atoms with Gasteiger partial charge in [0, 0.05) is 30.6 Å². The van der Waals surface area contributed by atoms with Crippen LogP contribution in [0.15, 0.2) is 18.2 Å². The molecule has 0 radical (unpaired) electrons. The second-order valence-corrected chi connectivity index (χ2v) is 6.16. The minimum Gasteiger partial charge on any atom is -0.491 e. The van der Waals surface area contributed by atoms with Crippen LogP contribution in [0.25, 0.3) is 10.9 Å². The first-order valence-corrected chi connectivity index (χ1v) is 8.44. The SMILES string of the molecule is CC(C)Oc1cc(N2CCOCC2)c2cc(C(=O)O)[nH]c2c1.CNC. The van der Waals surface area contributed by atoms with Gasteiger partial charge in [0.2, 0.25) is 0 Å². The number of carboxylic acids is 1. The van der Waals surface area contributed by atoms with Gasteiger partial charge in [-0.25, -0.2) is 4.79 Å². The second kappa shape index (κ2) is 8.73. The number of morpholine rings is 1. The summed E-state index contributed by atoms with van der Waals surface area (Å²) in [6.07, 6.45) is 0.0592. The third-order valence-corrected chi connectivity index (χ3v) is 3.64. The number of anilines is 1. The van der Waals surface area contributed by atoms with Gasteiger partial charge in [-0.05, 0) is 34.0 Å². The third-order valence-electron chi connectivity index (χ3n) is 3.64. The first-order chi connectivity index (χ1) is 12.0. The van der Waals surface area contributed by atoms with Crippen LogP contribution in [0.2, 0.25) is 0 Å². The molecule has 3 rings (SSSR count). The monoisotopic (exact) mass is 349 g/mol. The van der Waals surface area contributed by atoms with Crippen LogP contribution in [0.5, 0.6) is 5.75 Å². The smallest absolute Gasteiger partial charge is 0.352 e. The van der Waals surface area contributed by atoms with E-state index in [0.717, 1.165) is 35.4 Å². The minimum atomic E-state index is -0.963. The normalized spacial score (nSPS) is 14.4. The zero-order valence-corrected chi connectivity index (χ0v) is 15.3. The average molecular weight is 349 g/mol. The molecule has 0 amide bonds. The molecule has 0 unspecified atom stereocenters. The summed E-state index contributed by atoms with van der Waals surface area (Å²) < 4.78 is 11.2. The molecule has 2 heterocycles. The first kappa shape index (κ1) is 19.1. The highest BCUT2D eigenvalue weighted by Gasteiger charge is 2.18. The molecule has 0 saturated carbocycles. The number of H-pyrrole nitrogens is 1. The topological polar surface area (TPSA) is 86.8 Å². The molecule has 7 nitrogen and oxygen atoms in total. The molecular weight excluding hydrogens is 322 g/mol. The number of fused-ring (bicyclic) bond motifs is 1. The number of nitrogens with zero attached hydrogens (tertiary/aromatic N) is 1. The Balaban J connectivity index is 0.000000701. The van der Waals surface area contributed by atoms with E-state index in [1.807, 2.05) is 40.1 Å². The van der Waals surface area contributed by atoms with E-state index in [-0.39, 0.29) is 11.8 Å². The standard InChI is InChI=1S/C16H20N2O4.C2H7N/c1-10(2)22-11-7-13-12(9-14(17-13)16(19)20)15(8-11)18-3-5-21-6-4-18;1-3-2/h7-10,17H,3-6H2,1-2H3,(H,19,20);3H,1-2H3. The Morgan fingerprint density at radius 3 is 2.48 bits per heavy atom. The van der Waals surface area contributed by atoms with Gasteiger partial charge in [-0.2, -0.15) is 0 Å². The molecular formula is C18H27N3O4. The number of rotatable bonds is 4. The summed E-state index contributed by atoms with van der Waals surface area (Å²) in [6, 6.07) is 5.51. The molecule has 1 aromatic heterocycles. The maximum absolute atomic E-state index is 11.2. The predicted molar refractivity (Wildman–Crippen MR) is 99.0 cm³/mol. The molecule has 3 N–H and O–H groups in total. The summed E-state index contributed by atoms with van der Waals surface area (Å²) in [4.78, 5) is 16.4. The van der Waals surface area contributed by atoms with Crippen LogP contribution in [-0.2, 0) is 4.74 Å². The average Bonchev–Trinajstić information content (AvgIpc) is 2.99. The lowest BCUT2D eigenvalue weighted by Crippen LogP contribution is -2.36. The molecule has 138 valence electrons. The van der Waals surface area contributed by atoms with Gasteiger partial charge in [0.25, 0.3) is 0 Å². The van der Waals surface area contributed by atoms with E-state index in [1.54, 1.807) is 6.07 Å². The van der Waals surface area contributed by atoms with Crippen LogP contribution in [0.3, 0.4) is 0 Å². The van der Waals surface area contributed by atoms with Crippen molar-refractivity contribution in [1.29, 1.82) is 0 Å². The van der Waals surface area contributed by atoms with Crippen molar-refractivity contribution in [2.24, 2.45) is 0 Å². The van der Waals surface area contributed by atoms with E-state index < -0.39 is 5.97 Å². The third kappa shape index (κ3) is 4.87. The van der Waals surface area contributed by atoms with Crippen molar-refractivity contribution in [2.45, 2.75) is 20.0 Å². The Kier molecular flexibility index (Phi) is 6.66. The summed E-state index contributed by atoms with van der Waals surface area (Å²) in [5, 5.41) is 12.9. The molecule has 1 aliphatic rings. The molecule has 2 aromatic rings. The lowest BCUT2D eigenvalue weighted by Gasteiger charge is -2.30. The van der Waals surface area contributed by atoms with Crippen molar-refractivity contribution in [3.8, 4) is 5.75 Å². The maximum atomic E-state index is 11.2. The van der Waals surface area contributed by atoms with Gasteiger partial charge in [-0.1, -0.05) is 0 Å². The molecule has 25 heavy (non-hydrogen) atoms. The van der Waals surface area contributed by atoms with Crippen molar-refractivity contribution in [1.82, 2.24) is 10.3 Å². The number of hydrogen-bond donors (Lipinski definition) is 3. The zero-order valence-electron chi connectivity index (χ0n) is 15.3. The van der Waals surface area contributed by atoms with Gasteiger partial charge in [0.15, 0.2) is 0 Å². The summed E-state index contributed by atoms with van der Waals surface area (Å²) in [5.41, 5.74) is 1.95. The number of ether oxygens (including phenoxy) is 2. The van der Waals surface area contributed by atoms with Crippen LogP contribution < -0.4 is 15.0 Å². The molecule has 1 fully saturated rings. The van der Waals surface area contributed by atoms with E-state index in [0.29, 0.717) is 13.2 Å². The Labute approximate surface area is 147 Å². The number of carboxylic acid groups (broad SMARTS) is 1. The summed E-state index contributed by atoms with van der Waals surface area (Å²) in [6.45, 7) is 6.85. The summed E-state index contributed by atoms with van der Waals surface area (Å²) in [5.74, 6) is -0.224. The van der Waals surface area contributed by atoms with Crippen LogP contribution in [0.4, 0.5) is 5.69 Å². The second-order valence-electron chi connectivity index (χ2n) is 6.16. The number of aromatic amines is 1. The molecule has 1 saturated heterocycles.